The van der Waals surface area contributed by atoms with E-state index in [0.717, 1.165) is 76.9 Å². The molecule has 6 aliphatic rings. The van der Waals surface area contributed by atoms with Gasteiger partial charge in [0.25, 0.3) is 0 Å². The molecule has 0 aromatic rings. The van der Waals surface area contributed by atoms with Crippen LogP contribution in [-0.2, 0) is 0 Å². The van der Waals surface area contributed by atoms with E-state index >= 15 is 0 Å². The first-order valence-electron chi connectivity index (χ1n) is 35.8. The van der Waals surface area contributed by atoms with Crippen molar-refractivity contribution >= 4 is 0 Å². The zero-order valence-electron chi connectivity index (χ0n) is 60.6. The Kier molecular flexibility index (Phi) is 60.1. The summed E-state index contributed by atoms with van der Waals surface area (Å²) in [6.45, 7) is 66.4. The molecule has 0 heteroatoms. The van der Waals surface area contributed by atoms with Gasteiger partial charge in [-0.25, -0.2) is 0 Å². The van der Waals surface area contributed by atoms with E-state index in [1.807, 2.05) is 0 Å². The van der Waals surface area contributed by atoms with Gasteiger partial charge in [-0.2, -0.15) is 0 Å². The Bertz CT molecular complexity index is 1050. The minimum atomic E-state index is 0.500. The molecule has 472 valence electrons. The zero-order valence-corrected chi connectivity index (χ0v) is 60.6. The van der Waals surface area contributed by atoms with Crippen molar-refractivity contribution in [2.75, 3.05) is 0 Å². The predicted molar refractivity (Wildman–Crippen MR) is 365 cm³/mol. The third-order valence-corrected chi connectivity index (χ3v) is 20.8. The van der Waals surface area contributed by atoms with E-state index in [-0.39, 0.29) is 0 Å². The summed E-state index contributed by atoms with van der Waals surface area (Å²) < 4.78 is 0. The number of rotatable bonds is 12. The topological polar surface area (TPSA) is 0 Å². The fourth-order valence-electron chi connectivity index (χ4n) is 9.96. The highest BCUT2D eigenvalue weighted by molar-refractivity contribution is 4.75. The monoisotopic (exact) mass is 1090 g/mol. The summed E-state index contributed by atoms with van der Waals surface area (Å²) in [5, 5.41) is 0. The van der Waals surface area contributed by atoms with Gasteiger partial charge in [0.1, 0.15) is 0 Å². The van der Waals surface area contributed by atoms with E-state index in [9.17, 15) is 0 Å². The molecule has 0 amide bonds. The van der Waals surface area contributed by atoms with Crippen LogP contribution >= 0.6 is 0 Å². The molecule has 6 rings (SSSR count). The second kappa shape index (κ2) is 54.0. The van der Waals surface area contributed by atoms with Crippen LogP contribution in [0.4, 0.5) is 0 Å². The van der Waals surface area contributed by atoms with Crippen LogP contribution in [0.5, 0.6) is 0 Å². The molecule has 77 heavy (non-hydrogen) atoms. The lowest BCUT2D eigenvalue weighted by atomic mass is 9.82. The van der Waals surface area contributed by atoms with Crippen LogP contribution in [0.15, 0.2) is 0 Å². The van der Waals surface area contributed by atoms with Crippen LogP contribution in [0, 0.1) is 93.2 Å². The molecular weight excluding hydrogens is 925 g/mol. The summed E-state index contributed by atoms with van der Waals surface area (Å²) in [6.07, 6.45) is 46.3. The molecule has 0 aromatic carbocycles. The van der Waals surface area contributed by atoms with Crippen molar-refractivity contribution in [2.45, 2.75) is 406 Å². The molecule has 7 atom stereocenters. The number of hydrogen-bond donors (Lipinski definition) is 0. The summed E-state index contributed by atoms with van der Waals surface area (Å²) in [4.78, 5) is 0. The lowest BCUT2D eigenvalue weighted by Gasteiger charge is -2.24. The molecule has 5 unspecified atom stereocenters. The first kappa shape index (κ1) is 85.8. The fraction of sp³-hybridized carbons (Fsp3) is 1.00. The van der Waals surface area contributed by atoms with Gasteiger partial charge in [-0.05, 0) is 112 Å². The van der Waals surface area contributed by atoms with Gasteiger partial charge in [-0.15, -0.1) is 0 Å². The second-order valence-corrected chi connectivity index (χ2v) is 31.1. The highest BCUT2D eigenvalue weighted by atomic mass is 14.3. The van der Waals surface area contributed by atoms with Crippen molar-refractivity contribution in [1.29, 1.82) is 0 Å². The summed E-state index contributed by atoms with van der Waals surface area (Å²) in [5.74, 6) is 12.6. The Balaban J connectivity index is -0.000000247. The first-order valence-corrected chi connectivity index (χ1v) is 35.8. The van der Waals surface area contributed by atoms with Gasteiger partial charge in [0, 0.05) is 0 Å². The van der Waals surface area contributed by atoms with E-state index in [4.69, 9.17) is 0 Å². The van der Waals surface area contributed by atoms with Crippen molar-refractivity contribution in [3.05, 3.63) is 0 Å². The standard InChI is InChI=1S/6C7H14.5C7H16/c1-6-3-4-7(2)5-6;1-7(2)5-3-4-6-7;1-6-4-3-5-7(6)2;1-7-5-3-2-4-6-7;1-2-7-5-3-4-6-7;1-2-4-7-5-3-6-7;1-6(2)7(3,4)5;1-5-7(3,4)6-2;2*1-5-7(4)6(2)3;1-4-6-7(3)5-2/h6-7H,3-5H2,1-2H3;3-6H2,1-2H3;6-7H,3-5H2,1-2H3;3*7H,2-6H2,1H3;6H,1-5H3;5-6H2,1-4H3;2*6-7H,5H2,1-4H3;7H,4-6H2,1-3H3/t6-,7?;;6-,7?;;;;;;;;/m1.1......../s1. The van der Waals surface area contributed by atoms with Crippen molar-refractivity contribution in [1.82, 2.24) is 0 Å². The van der Waals surface area contributed by atoms with Crippen LogP contribution < -0.4 is 0 Å². The fourth-order valence-corrected chi connectivity index (χ4v) is 9.96. The smallest absolute Gasteiger partial charge is 0.0354 e. The normalized spacial score (nSPS) is 22.9. The van der Waals surface area contributed by atoms with Gasteiger partial charge in [0.05, 0.1) is 0 Å². The lowest BCUT2D eigenvalue weighted by molar-refractivity contribution is 0.283. The van der Waals surface area contributed by atoms with Gasteiger partial charge in [0.15, 0.2) is 0 Å². The molecule has 6 fully saturated rings. The minimum absolute atomic E-state index is 0.500. The average Bonchev–Trinajstić information content (AvgIpc) is 4.22. The summed E-state index contributed by atoms with van der Waals surface area (Å²) >= 11 is 0. The van der Waals surface area contributed by atoms with Crippen molar-refractivity contribution in [2.24, 2.45) is 93.2 Å². The summed E-state index contributed by atoms with van der Waals surface area (Å²) in [5.41, 5.74) is 1.78. The molecule has 0 saturated heterocycles. The van der Waals surface area contributed by atoms with Crippen molar-refractivity contribution in [3.8, 4) is 0 Å². The Labute approximate surface area is 496 Å². The zero-order chi connectivity index (χ0) is 60.6. The summed E-state index contributed by atoms with van der Waals surface area (Å²) in [7, 11) is 0. The van der Waals surface area contributed by atoms with E-state index < -0.39 is 0 Å². The van der Waals surface area contributed by atoms with Crippen LogP contribution in [0.2, 0.25) is 0 Å². The molecule has 0 radical (unpaired) electrons. The predicted octanol–water partition coefficient (Wildman–Crippen LogP) is 29.0. The maximum absolute atomic E-state index is 2.36. The van der Waals surface area contributed by atoms with E-state index in [0.29, 0.717) is 16.2 Å². The highest BCUT2D eigenvalue weighted by Gasteiger charge is 2.22. The molecule has 6 aliphatic carbocycles. The van der Waals surface area contributed by atoms with Crippen LogP contribution in [0.3, 0.4) is 0 Å². The van der Waals surface area contributed by atoms with E-state index in [2.05, 4.69) is 201 Å². The lowest BCUT2D eigenvalue weighted by Crippen LogP contribution is -2.12. The Morgan fingerprint density at radius 3 is 0.909 bits per heavy atom. The molecule has 0 bridgehead atoms. The van der Waals surface area contributed by atoms with Crippen molar-refractivity contribution < 1.29 is 0 Å². The molecular formula is C77H164. The Morgan fingerprint density at radius 1 is 0.416 bits per heavy atom. The quantitative estimate of drug-likeness (QED) is 0.183. The second-order valence-electron chi connectivity index (χ2n) is 31.1. The first-order chi connectivity index (χ1) is 35.8. The van der Waals surface area contributed by atoms with Crippen LogP contribution in [-0.4, -0.2) is 0 Å². The third-order valence-electron chi connectivity index (χ3n) is 20.8. The summed E-state index contributed by atoms with van der Waals surface area (Å²) in [6, 6.07) is 0. The SMILES string of the molecule is CC(C)C(C)(C)C.CC1(C)CCCC1.CC1CCCCC1.CC1CCC[C@H]1C.CC1CC[C@@H](C)C1.CCC(C)(C)CC.CCC(C)C(C)C.CCC(C)C(C)C.CCC1CCCC1.CCCC(C)CC.CCCC1CCC1. The average molecular weight is 1090 g/mol. The maximum atomic E-state index is 2.36. The Morgan fingerprint density at radius 2 is 0.792 bits per heavy atom. The molecule has 0 aliphatic heterocycles. The van der Waals surface area contributed by atoms with Gasteiger partial charge in [-0.1, -0.05) is 387 Å². The van der Waals surface area contributed by atoms with E-state index in [1.165, 1.54) is 205 Å². The third kappa shape index (κ3) is 60.4. The molecule has 0 nitrogen and oxygen atoms in total. The Hall–Kier alpha value is 0. The minimum Gasteiger partial charge on any atom is -0.0654 e. The molecule has 0 spiro atoms. The van der Waals surface area contributed by atoms with Crippen molar-refractivity contribution in [3.63, 3.8) is 0 Å². The van der Waals surface area contributed by atoms with Gasteiger partial charge >= 0.3 is 0 Å². The van der Waals surface area contributed by atoms with E-state index in [1.54, 1.807) is 0 Å². The highest BCUT2D eigenvalue weighted by Crippen LogP contribution is 2.36. The molecule has 0 heterocycles. The van der Waals surface area contributed by atoms with Gasteiger partial charge in [-0.3, -0.25) is 0 Å². The van der Waals surface area contributed by atoms with Gasteiger partial charge in [0.2, 0.25) is 0 Å². The maximum Gasteiger partial charge on any atom is -0.0354 e. The largest absolute Gasteiger partial charge is 0.0654 e. The molecule has 6 saturated carbocycles. The number of hydrogen-bond acceptors (Lipinski definition) is 0. The van der Waals surface area contributed by atoms with Crippen LogP contribution in [0.25, 0.3) is 0 Å². The molecule has 0 N–H and O–H groups in total. The molecule has 0 aromatic heterocycles. The van der Waals surface area contributed by atoms with Crippen LogP contribution in [0.1, 0.15) is 406 Å². The van der Waals surface area contributed by atoms with Gasteiger partial charge < -0.3 is 0 Å².